The van der Waals surface area contributed by atoms with E-state index >= 15 is 0 Å². The molecule has 1 amide bonds. The Bertz CT molecular complexity index is 431. The smallest absolute Gasteiger partial charge is 0.245 e. The van der Waals surface area contributed by atoms with Crippen molar-refractivity contribution in [2.45, 2.75) is 40.2 Å². The zero-order valence-electron chi connectivity index (χ0n) is 11.0. The van der Waals surface area contributed by atoms with Gasteiger partial charge in [-0.3, -0.25) is 4.79 Å². The highest BCUT2D eigenvalue weighted by atomic mass is 32.1. The van der Waals surface area contributed by atoms with Crippen molar-refractivity contribution >= 4 is 18.1 Å². The number of hydrogen-bond acceptors (Lipinski definition) is 2. The summed E-state index contributed by atoms with van der Waals surface area (Å²) in [5.41, 5.74) is 1.07. The molecule has 0 radical (unpaired) electrons. The molecule has 96 valence electrons. The Labute approximate surface area is 108 Å². The molecular weight excluding hydrogens is 234 g/mol. The summed E-state index contributed by atoms with van der Waals surface area (Å²) in [6.07, 6.45) is 2.75. The lowest BCUT2D eigenvalue weighted by Crippen LogP contribution is -2.36. The number of aromatic amines is 1. The molecule has 1 atom stereocenters. The molecule has 17 heavy (non-hydrogen) atoms. The Morgan fingerprint density at radius 3 is 2.53 bits per heavy atom. The maximum Gasteiger partial charge on any atom is 0.245 e. The number of amides is 1. The van der Waals surface area contributed by atoms with Crippen LogP contribution in [0.4, 0.5) is 0 Å². The highest BCUT2D eigenvalue weighted by molar-refractivity contribution is 7.71. The first-order valence-electron chi connectivity index (χ1n) is 6.14. The number of carbonyl (C=O) groups excluding carboxylic acids is 1. The van der Waals surface area contributed by atoms with Gasteiger partial charge in [0.15, 0.2) is 4.77 Å². The SMILES string of the molecule is CCc1c[nH]c(=S)n1C(C)C(=O)N(CC)CC. The molecular formula is C12H21N3OS. The molecule has 1 unspecified atom stereocenters. The quantitative estimate of drug-likeness (QED) is 0.821. The van der Waals surface area contributed by atoms with E-state index in [1.54, 1.807) is 0 Å². The third-order valence-electron chi connectivity index (χ3n) is 3.07. The summed E-state index contributed by atoms with van der Waals surface area (Å²) in [5, 5.41) is 0. The zero-order valence-corrected chi connectivity index (χ0v) is 11.8. The highest BCUT2D eigenvalue weighted by Gasteiger charge is 2.21. The zero-order chi connectivity index (χ0) is 13.0. The van der Waals surface area contributed by atoms with Crippen molar-refractivity contribution in [1.29, 1.82) is 0 Å². The number of aryl methyl sites for hydroxylation is 1. The van der Waals surface area contributed by atoms with E-state index in [2.05, 4.69) is 11.9 Å². The first kappa shape index (κ1) is 14.0. The van der Waals surface area contributed by atoms with E-state index < -0.39 is 0 Å². The van der Waals surface area contributed by atoms with Gasteiger partial charge < -0.3 is 14.5 Å². The number of hydrogen-bond donors (Lipinski definition) is 1. The first-order valence-corrected chi connectivity index (χ1v) is 6.55. The molecule has 0 fully saturated rings. The van der Waals surface area contributed by atoms with E-state index in [9.17, 15) is 4.79 Å². The molecule has 5 heteroatoms. The van der Waals surface area contributed by atoms with Crippen molar-refractivity contribution in [3.63, 3.8) is 0 Å². The number of rotatable bonds is 5. The Balaban J connectivity index is 3.03. The van der Waals surface area contributed by atoms with Crippen LogP contribution in [0.3, 0.4) is 0 Å². The van der Waals surface area contributed by atoms with Crippen molar-refractivity contribution < 1.29 is 4.79 Å². The first-order chi connectivity index (χ1) is 8.06. The lowest BCUT2D eigenvalue weighted by Gasteiger charge is -2.24. The number of aromatic nitrogens is 2. The van der Waals surface area contributed by atoms with Crippen LogP contribution in [0, 0.1) is 4.77 Å². The van der Waals surface area contributed by atoms with Gasteiger partial charge in [-0.1, -0.05) is 6.92 Å². The number of likely N-dealkylation sites (N-methyl/N-ethyl adjacent to an activating group) is 1. The molecule has 0 aliphatic carbocycles. The lowest BCUT2D eigenvalue weighted by atomic mass is 10.2. The van der Waals surface area contributed by atoms with E-state index in [1.807, 2.05) is 36.4 Å². The molecule has 0 saturated carbocycles. The summed E-state index contributed by atoms with van der Waals surface area (Å²) in [4.78, 5) is 17.1. The van der Waals surface area contributed by atoms with Gasteiger partial charge in [0.1, 0.15) is 6.04 Å². The second-order valence-corrected chi connectivity index (χ2v) is 4.38. The van der Waals surface area contributed by atoms with Crippen molar-refractivity contribution in [2.75, 3.05) is 13.1 Å². The highest BCUT2D eigenvalue weighted by Crippen LogP contribution is 2.15. The maximum absolute atomic E-state index is 12.3. The van der Waals surface area contributed by atoms with E-state index in [1.165, 1.54) is 0 Å². The van der Waals surface area contributed by atoms with Gasteiger partial charge in [0.05, 0.1) is 0 Å². The van der Waals surface area contributed by atoms with Crippen LogP contribution in [0.25, 0.3) is 0 Å². The van der Waals surface area contributed by atoms with Crippen LogP contribution in [0.15, 0.2) is 6.20 Å². The van der Waals surface area contributed by atoms with E-state index in [0.717, 1.165) is 25.2 Å². The van der Waals surface area contributed by atoms with Gasteiger partial charge in [0, 0.05) is 25.0 Å². The van der Waals surface area contributed by atoms with E-state index in [4.69, 9.17) is 12.2 Å². The molecule has 0 bridgehead atoms. The average Bonchev–Trinajstić information content (AvgIpc) is 2.70. The molecule has 1 heterocycles. The molecule has 1 rings (SSSR count). The minimum atomic E-state index is -0.233. The van der Waals surface area contributed by atoms with Crippen LogP contribution in [-0.2, 0) is 11.2 Å². The molecule has 0 aromatic carbocycles. The fourth-order valence-corrected chi connectivity index (χ4v) is 2.36. The van der Waals surface area contributed by atoms with E-state index in [0.29, 0.717) is 4.77 Å². The van der Waals surface area contributed by atoms with E-state index in [-0.39, 0.29) is 11.9 Å². The van der Waals surface area contributed by atoms with Crippen molar-refractivity contribution in [1.82, 2.24) is 14.5 Å². The Kier molecular flexibility index (Phi) is 4.93. The van der Waals surface area contributed by atoms with Gasteiger partial charge in [-0.15, -0.1) is 0 Å². The maximum atomic E-state index is 12.3. The van der Waals surface area contributed by atoms with Crippen molar-refractivity contribution in [2.24, 2.45) is 0 Å². The van der Waals surface area contributed by atoms with Gasteiger partial charge in [-0.2, -0.15) is 0 Å². The number of H-pyrrole nitrogens is 1. The third-order valence-corrected chi connectivity index (χ3v) is 3.39. The normalized spacial score (nSPS) is 12.5. The molecule has 0 spiro atoms. The number of nitrogens with one attached hydrogen (secondary N) is 1. The number of nitrogens with zero attached hydrogens (tertiary/aromatic N) is 2. The van der Waals surface area contributed by atoms with Gasteiger partial charge in [0.2, 0.25) is 5.91 Å². The fraction of sp³-hybridized carbons (Fsp3) is 0.667. The Morgan fingerprint density at radius 2 is 2.06 bits per heavy atom. The predicted molar refractivity (Wildman–Crippen MR) is 71.6 cm³/mol. The van der Waals surface area contributed by atoms with Crippen LogP contribution in [0.2, 0.25) is 0 Å². The second-order valence-electron chi connectivity index (χ2n) is 4.00. The fourth-order valence-electron chi connectivity index (χ4n) is 2.02. The van der Waals surface area contributed by atoms with Crippen molar-refractivity contribution in [3.05, 3.63) is 16.7 Å². The molecule has 4 nitrogen and oxygen atoms in total. The summed E-state index contributed by atoms with van der Waals surface area (Å²) in [7, 11) is 0. The van der Waals surface area contributed by atoms with Gasteiger partial charge in [0.25, 0.3) is 0 Å². The average molecular weight is 255 g/mol. The molecule has 1 aromatic rings. The Hall–Kier alpha value is -1.10. The summed E-state index contributed by atoms with van der Waals surface area (Å²) in [5.74, 6) is 0.125. The molecule has 0 saturated heterocycles. The van der Waals surface area contributed by atoms with Gasteiger partial charge in [-0.25, -0.2) is 0 Å². The van der Waals surface area contributed by atoms with Gasteiger partial charge >= 0.3 is 0 Å². The minimum absolute atomic E-state index is 0.125. The van der Waals surface area contributed by atoms with Gasteiger partial charge in [-0.05, 0) is 39.4 Å². The molecule has 0 aliphatic rings. The summed E-state index contributed by atoms with van der Waals surface area (Å²) in [6.45, 7) is 9.42. The molecule has 0 aliphatic heterocycles. The van der Waals surface area contributed by atoms with Crippen LogP contribution in [-0.4, -0.2) is 33.4 Å². The largest absolute Gasteiger partial charge is 0.341 e. The van der Waals surface area contributed by atoms with Crippen LogP contribution in [0.1, 0.15) is 39.4 Å². The summed E-state index contributed by atoms with van der Waals surface area (Å²) in [6, 6.07) is -0.233. The standard InChI is InChI=1S/C12H21N3OS/c1-5-10-8-13-12(17)15(10)9(4)11(16)14(6-2)7-3/h8-9H,5-7H2,1-4H3,(H,13,17). The summed E-state index contributed by atoms with van der Waals surface area (Å²) < 4.78 is 2.53. The number of carbonyl (C=O) groups is 1. The second kappa shape index (κ2) is 6.00. The monoisotopic (exact) mass is 255 g/mol. The third kappa shape index (κ3) is 2.77. The van der Waals surface area contributed by atoms with Crippen LogP contribution < -0.4 is 0 Å². The topological polar surface area (TPSA) is 41.0 Å². The van der Waals surface area contributed by atoms with Crippen LogP contribution >= 0.6 is 12.2 Å². The summed E-state index contributed by atoms with van der Waals surface area (Å²) >= 11 is 5.23. The predicted octanol–water partition coefficient (Wildman–Crippen LogP) is 2.54. The van der Waals surface area contributed by atoms with Crippen molar-refractivity contribution in [3.8, 4) is 0 Å². The molecule has 1 aromatic heterocycles. The lowest BCUT2D eigenvalue weighted by molar-refractivity contribution is -0.133. The Morgan fingerprint density at radius 1 is 1.47 bits per heavy atom. The number of imidazole rings is 1. The minimum Gasteiger partial charge on any atom is -0.341 e. The molecule has 1 N–H and O–H groups in total. The van der Waals surface area contributed by atoms with Crippen LogP contribution in [0.5, 0.6) is 0 Å².